The van der Waals surface area contributed by atoms with Crippen molar-refractivity contribution in [2.45, 2.75) is 16.2 Å². The van der Waals surface area contributed by atoms with Crippen molar-refractivity contribution in [1.29, 1.82) is 0 Å². The van der Waals surface area contributed by atoms with Gasteiger partial charge in [0, 0.05) is 17.1 Å². The summed E-state index contributed by atoms with van der Waals surface area (Å²) in [5.41, 5.74) is 21.3. The van der Waals surface area contributed by atoms with E-state index in [0.29, 0.717) is 0 Å². The van der Waals surface area contributed by atoms with Crippen molar-refractivity contribution >= 4 is 38.6 Å². The molecule has 0 saturated heterocycles. The highest BCUT2D eigenvalue weighted by atomic mass is 15.1. The van der Waals surface area contributed by atoms with Crippen LogP contribution in [-0.4, -0.2) is 0 Å². The molecule has 4 aliphatic carbocycles. The number of anilines is 3. The lowest BCUT2D eigenvalue weighted by molar-refractivity contribution is 0.690. The summed E-state index contributed by atoms with van der Waals surface area (Å²) in [6, 6.07) is 93.5. The topological polar surface area (TPSA) is 3.24 Å². The lowest BCUT2D eigenvalue weighted by Gasteiger charge is -2.36. The van der Waals surface area contributed by atoms with E-state index in [4.69, 9.17) is 0 Å². The molecule has 1 saturated carbocycles. The molecular weight excluding hydrogens is 795 g/mol. The molecule has 3 atom stereocenters. The first-order valence-corrected chi connectivity index (χ1v) is 23.3. The number of fused-ring (bicyclic) bond motifs is 3. The van der Waals surface area contributed by atoms with Crippen molar-refractivity contribution in [3.63, 3.8) is 0 Å². The number of benzene rings is 11. The fourth-order valence-corrected chi connectivity index (χ4v) is 13.9. The van der Waals surface area contributed by atoms with Crippen molar-refractivity contribution in [1.82, 2.24) is 0 Å². The Morgan fingerprint density at radius 1 is 0.242 bits per heavy atom. The molecule has 1 fully saturated rings. The summed E-state index contributed by atoms with van der Waals surface area (Å²) in [4.78, 5) is 2.40. The van der Waals surface area contributed by atoms with Gasteiger partial charge in [-0.2, -0.15) is 0 Å². The summed E-state index contributed by atoms with van der Waals surface area (Å²) < 4.78 is 0. The molecule has 0 bridgehead atoms. The van der Waals surface area contributed by atoms with Gasteiger partial charge in [-0.25, -0.2) is 0 Å². The van der Waals surface area contributed by atoms with Crippen LogP contribution in [0.5, 0.6) is 0 Å². The number of rotatable bonds is 6. The van der Waals surface area contributed by atoms with Crippen molar-refractivity contribution in [3.8, 4) is 44.5 Å². The number of nitrogens with zero attached hydrogens (tertiary/aromatic N) is 1. The molecular formula is C65H41N. The average Bonchev–Trinajstić information content (AvgIpc) is 3.75. The molecule has 3 spiro atoms. The van der Waals surface area contributed by atoms with Crippen molar-refractivity contribution in [2.24, 2.45) is 0 Å². The molecule has 306 valence electrons. The van der Waals surface area contributed by atoms with E-state index in [1.807, 2.05) is 0 Å². The van der Waals surface area contributed by atoms with E-state index in [9.17, 15) is 0 Å². The highest BCUT2D eigenvalue weighted by Gasteiger charge is 2.95. The largest absolute Gasteiger partial charge is 0.310 e. The van der Waals surface area contributed by atoms with Gasteiger partial charge in [-0.1, -0.05) is 212 Å². The Hall–Kier alpha value is -8.26. The summed E-state index contributed by atoms with van der Waals surface area (Å²) in [6.45, 7) is 0. The third-order valence-corrected chi connectivity index (χ3v) is 16.0. The molecule has 0 radical (unpaired) electrons. The van der Waals surface area contributed by atoms with Crippen LogP contribution in [0.1, 0.15) is 33.4 Å². The summed E-state index contributed by atoms with van der Waals surface area (Å²) in [5.74, 6) is 0. The zero-order valence-electron chi connectivity index (χ0n) is 36.1. The molecule has 1 heteroatoms. The van der Waals surface area contributed by atoms with Gasteiger partial charge < -0.3 is 4.90 Å². The monoisotopic (exact) mass is 835 g/mol. The van der Waals surface area contributed by atoms with E-state index in [0.717, 1.165) is 17.1 Å². The minimum Gasteiger partial charge on any atom is -0.310 e. The Morgan fingerprint density at radius 2 is 0.667 bits per heavy atom. The van der Waals surface area contributed by atoms with Gasteiger partial charge in [0.1, 0.15) is 0 Å². The van der Waals surface area contributed by atoms with Crippen molar-refractivity contribution in [2.75, 3.05) is 4.90 Å². The molecule has 11 aromatic carbocycles. The number of hydrogen-bond acceptors (Lipinski definition) is 1. The van der Waals surface area contributed by atoms with E-state index in [1.165, 1.54) is 99.4 Å². The highest BCUT2D eigenvalue weighted by molar-refractivity contribution is 6.15. The second kappa shape index (κ2) is 12.9. The van der Waals surface area contributed by atoms with Crippen LogP contribution >= 0.6 is 0 Å². The van der Waals surface area contributed by atoms with Gasteiger partial charge >= 0.3 is 0 Å². The zero-order chi connectivity index (χ0) is 43.2. The molecule has 1 nitrogen and oxygen atoms in total. The number of hydrogen-bond donors (Lipinski definition) is 0. The first kappa shape index (κ1) is 36.1. The van der Waals surface area contributed by atoms with Crippen LogP contribution in [0, 0.1) is 0 Å². The van der Waals surface area contributed by atoms with Crippen LogP contribution in [0.3, 0.4) is 0 Å². The minimum absolute atomic E-state index is 0.260. The Morgan fingerprint density at radius 3 is 1.24 bits per heavy atom. The maximum Gasteiger partial charge on any atom is 0.0515 e. The van der Waals surface area contributed by atoms with Crippen LogP contribution in [0.4, 0.5) is 17.1 Å². The van der Waals surface area contributed by atoms with E-state index >= 15 is 0 Å². The molecule has 15 rings (SSSR count). The molecule has 0 amide bonds. The summed E-state index contributed by atoms with van der Waals surface area (Å²) >= 11 is 0. The first-order chi connectivity index (χ1) is 32.7. The van der Waals surface area contributed by atoms with Gasteiger partial charge in [0.15, 0.2) is 0 Å². The van der Waals surface area contributed by atoms with Crippen LogP contribution in [0.25, 0.3) is 66.1 Å². The molecule has 3 unspecified atom stereocenters. The van der Waals surface area contributed by atoms with Crippen molar-refractivity contribution in [3.05, 3.63) is 282 Å². The fraction of sp³-hybridized carbons (Fsp3) is 0.0462. The Kier molecular flexibility index (Phi) is 7.08. The average molecular weight is 836 g/mol. The SMILES string of the molecule is c1ccc(-c2ccc(N(c3ccc(-c4ccccc4)cc3)c3cccc(-c4ccc5c6c(cccc46)C46c7cccc8cccc(c78)C47c4ccccc4-c4ccccc4C576)c3)cc2)cc1. The molecule has 11 aromatic rings. The first-order valence-electron chi connectivity index (χ1n) is 23.3. The van der Waals surface area contributed by atoms with Crippen LogP contribution in [0.15, 0.2) is 249 Å². The molecule has 0 N–H and O–H groups in total. The van der Waals surface area contributed by atoms with Gasteiger partial charge in [0.25, 0.3) is 0 Å². The summed E-state index contributed by atoms with van der Waals surface area (Å²) in [5, 5.41) is 5.51. The third kappa shape index (κ3) is 4.19. The second-order valence-electron chi connectivity index (χ2n) is 18.7. The normalized spacial score (nSPS) is 19.7. The Labute approximate surface area is 384 Å². The van der Waals surface area contributed by atoms with Crippen molar-refractivity contribution < 1.29 is 0 Å². The van der Waals surface area contributed by atoms with Gasteiger partial charge in [-0.15, -0.1) is 0 Å². The predicted molar refractivity (Wildman–Crippen MR) is 273 cm³/mol. The quantitative estimate of drug-likeness (QED) is 0.161. The lowest BCUT2D eigenvalue weighted by Crippen LogP contribution is -2.30. The minimum atomic E-state index is -0.289. The van der Waals surface area contributed by atoms with E-state index in [1.54, 1.807) is 0 Å². The van der Waals surface area contributed by atoms with Gasteiger partial charge in [-0.3, -0.25) is 0 Å². The molecule has 4 aliphatic rings. The predicted octanol–water partition coefficient (Wildman–Crippen LogP) is 16.3. The maximum atomic E-state index is 2.53. The lowest BCUT2D eigenvalue weighted by atomic mass is 9.65. The second-order valence-corrected chi connectivity index (χ2v) is 18.7. The van der Waals surface area contributed by atoms with Crippen LogP contribution in [-0.2, 0) is 16.2 Å². The van der Waals surface area contributed by atoms with E-state index < -0.39 is 0 Å². The zero-order valence-corrected chi connectivity index (χ0v) is 36.1. The van der Waals surface area contributed by atoms with E-state index in [-0.39, 0.29) is 16.2 Å². The molecule has 0 aliphatic heterocycles. The highest BCUT2D eigenvalue weighted by Crippen LogP contribution is 2.94. The van der Waals surface area contributed by atoms with Gasteiger partial charge in [0.05, 0.1) is 16.2 Å². The fourth-order valence-electron chi connectivity index (χ4n) is 13.9. The summed E-state index contributed by atoms with van der Waals surface area (Å²) in [7, 11) is 0. The third-order valence-electron chi connectivity index (χ3n) is 16.0. The van der Waals surface area contributed by atoms with E-state index in [2.05, 4.69) is 254 Å². The van der Waals surface area contributed by atoms with Crippen LogP contribution < -0.4 is 4.90 Å². The Bertz CT molecular complexity index is 3720. The molecule has 0 heterocycles. The van der Waals surface area contributed by atoms with Crippen LogP contribution in [0.2, 0.25) is 0 Å². The smallest absolute Gasteiger partial charge is 0.0515 e. The van der Waals surface area contributed by atoms with Gasteiger partial charge in [-0.05, 0) is 136 Å². The maximum absolute atomic E-state index is 2.53. The summed E-state index contributed by atoms with van der Waals surface area (Å²) in [6.07, 6.45) is 0. The molecule has 0 aromatic heterocycles. The van der Waals surface area contributed by atoms with Gasteiger partial charge in [0.2, 0.25) is 0 Å². The molecule has 66 heavy (non-hydrogen) atoms. The standard InChI is InChI=1S/C65H41N/c1-3-15-42(16-4-1)44-31-35-48(36-32-44)66(49-37-33-45(34-38-49)43-17-5-2-6-18-43)50-22-11-21-47(41-50)51-39-40-60-62-54(51)25-14-30-59(62)65-58-29-13-20-46-19-12-28-57(61(46)58)63(65)55-26-9-7-23-52(55)53-24-8-10-27-56(53)64(60,63)65/h1-41H. The Balaban J connectivity index is 0.933.